The summed E-state index contributed by atoms with van der Waals surface area (Å²) in [5.41, 5.74) is 0.143. The van der Waals surface area contributed by atoms with Crippen molar-refractivity contribution in [3.8, 4) is 5.69 Å². The van der Waals surface area contributed by atoms with Crippen LogP contribution in [0.5, 0.6) is 0 Å². The maximum atomic E-state index is 11.8. The van der Waals surface area contributed by atoms with Crippen molar-refractivity contribution in [1.82, 2.24) is 9.78 Å². The molecule has 1 aromatic heterocycles. The van der Waals surface area contributed by atoms with E-state index in [2.05, 4.69) is 5.10 Å². The topological polar surface area (TPSA) is 101 Å². The Hall–Kier alpha value is -2.83. The van der Waals surface area contributed by atoms with Crippen LogP contribution < -0.4 is 5.56 Å². The normalized spacial score (nSPS) is 10.2. The van der Waals surface area contributed by atoms with Crippen molar-refractivity contribution in [3.05, 3.63) is 51.9 Å². The molecule has 1 heterocycles. The zero-order valence-corrected chi connectivity index (χ0v) is 10.6. The van der Waals surface area contributed by atoms with Crippen LogP contribution in [0.25, 0.3) is 5.69 Å². The zero-order chi connectivity index (χ0) is 14.7. The van der Waals surface area contributed by atoms with Gasteiger partial charge in [-0.2, -0.15) is 0 Å². The van der Waals surface area contributed by atoms with Crippen LogP contribution in [0.1, 0.15) is 27.8 Å². The molecular weight excluding hydrogens is 264 g/mol. The number of hydrogen-bond donors (Lipinski definition) is 2. The zero-order valence-electron chi connectivity index (χ0n) is 10.6. The monoisotopic (exact) mass is 276 g/mol. The molecule has 7 heteroatoms. The molecule has 0 atom stereocenters. The maximum absolute atomic E-state index is 11.8. The predicted molar refractivity (Wildman–Crippen MR) is 69.3 cm³/mol. The quantitative estimate of drug-likeness (QED) is 0.812. The molecule has 0 aliphatic rings. The smallest absolute Gasteiger partial charge is 0.356 e. The van der Waals surface area contributed by atoms with Gasteiger partial charge in [0.2, 0.25) is 0 Å². The van der Waals surface area contributed by atoms with Gasteiger partial charge >= 0.3 is 11.9 Å². The molecule has 0 spiro atoms. The molecule has 0 unspecified atom stereocenters. The SMILES string of the molecule is CCOC(=O)c1cc(=O)n(-c2ccc(C(=O)O)cc2)[nH]1. The highest BCUT2D eigenvalue weighted by Crippen LogP contribution is 2.08. The molecule has 2 rings (SSSR count). The summed E-state index contributed by atoms with van der Waals surface area (Å²) in [5, 5.41) is 11.4. The number of carbonyl (C=O) groups is 2. The lowest BCUT2D eigenvalue weighted by Crippen LogP contribution is -2.13. The van der Waals surface area contributed by atoms with Crippen LogP contribution in [0.15, 0.2) is 35.1 Å². The average Bonchev–Trinajstić information content (AvgIpc) is 2.81. The molecule has 0 radical (unpaired) electrons. The fourth-order valence-corrected chi connectivity index (χ4v) is 1.65. The Bertz CT molecular complexity index is 696. The maximum Gasteiger partial charge on any atom is 0.356 e. The van der Waals surface area contributed by atoms with Gasteiger partial charge in [-0.15, -0.1) is 0 Å². The van der Waals surface area contributed by atoms with Crippen LogP contribution in [-0.4, -0.2) is 33.4 Å². The first-order valence-electron chi connectivity index (χ1n) is 5.86. The molecule has 2 N–H and O–H groups in total. The van der Waals surface area contributed by atoms with E-state index >= 15 is 0 Å². The first-order chi connectivity index (χ1) is 9.52. The number of esters is 1. The van der Waals surface area contributed by atoms with Crippen molar-refractivity contribution in [2.45, 2.75) is 6.92 Å². The Balaban J connectivity index is 2.36. The summed E-state index contributed by atoms with van der Waals surface area (Å²) in [5.74, 6) is -1.67. The number of carboxylic acid groups (broad SMARTS) is 1. The van der Waals surface area contributed by atoms with Gasteiger partial charge in [-0.25, -0.2) is 14.3 Å². The lowest BCUT2D eigenvalue weighted by atomic mass is 10.2. The van der Waals surface area contributed by atoms with Gasteiger partial charge in [-0.3, -0.25) is 9.89 Å². The van der Waals surface area contributed by atoms with E-state index in [1.807, 2.05) is 0 Å². The molecule has 0 amide bonds. The van der Waals surface area contributed by atoms with Gasteiger partial charge in [0.25, 0.3) is 5.56 Å². The highest BCUT2D eigenvalue weighted by atomic mass is 16.5. The lowest BCUT2D eigenvalue weighted by molar-refractivity contribution is 0.0518. The van der Waals surface area contributed by atoms with E-state index in [0.29, 0.717) is 5.69 Å². The summed E-state index contributed by atoms with van der Waals surface area (Å²) < 4.78 is 5.92. The standard InChI is InChI=1S/C13H12N2O5/c1-2-20-13(19)10-7-11(16)15(14-10)9-5-3-8(4-6-9)12(17)18/h3-7,14H,2H2,1H3,(H,17,18). The molecule has 104 valence electrons. The van der Waals surface area contributed by atoms with Gasteiger partial charge in [0.05, 0.1) is 17.9 Å². The number of H-pyrrole nitrogens is 1. The van der Waals surface area contributed by atoms with E-state index in [-0.39, 0.29) is 17.9 Å². The number of nitrogens with zero attached hydrogens (tertiary/aromatic N) is 1. The van der Waals surface area contributed by atoms with Crippen LogP contribution in [0.2, 0.25) is 0 Å². The number of carboxylic acids is 1. The third-order valence-electron chi connectivity index (χ3n) is 2.59. The Morgan fingerprint density at radius 2 is 1.95 bits per heavy atom. The van der Waals surface area contributed by atoms with E-state index in [1.54, 1.807) is 6.92 Å². The number of rotatable bonds is 4. The van der Waals surface area contributed by atoms with E-state index in [9.17, 15) is 14.4 Å². The first kappa shape index (κ1) is 13.6. The van der Waals surface area contributed by atoms with Gasteiger partial charge < -0.3 is 9.84 Å². The van der Waals surface area contributed by atoms with Gasteiger partial charge in [0.15, 0.2) is 0 Å². The van der Waals surface area contributed by atoms with Crippen LogP contribution in [0, 0.1) is 0 Å². The molecule has 20 heavy (non-hydrogen) atoms. The van der Waals surface area contributed by atoms with Crippen molar-refractivity contribution in [2.24, 2.45) is 0 Å². The second-order valence-electron chi connectivity index (χ2n) is 3.92. The molecule has 1 aromatic carbocycles. The molecular formula is C13H12N2O5. The van der Waals surface area contributed by atoms with Crippen molar-refractivity contribution >= 4 is 11.9 Å². The summed E-state index contributed by atoms with van der Waals surface area (Å²) in [6.07, 6.45) is 0. The number of aromatic amines is 1. The van der Waals surface area contributed by atoms with Crippen LogP contribution in [0.4, 0.5) is 0 Å². The summed E-state index contributed by atoms with van der Waals surface area (Å²) >= 11 is 0. The average molecular weight is 276 g/mol. The minimum absolute atomic E-state index is 0.0409. The summed E-state index contributed by atoms with van der Waals surface area (Å²) in [6.45, 7) is 1.87. The summed E-state index contributed by atoms with van der Waals surface area (Å²) in [6, 6.07) is 6.81. The molecule has 0 aliphatic heterocycles. The minimum Gasteiger partial charge on any atom is -0.478 e. The molecule has 0 aliphatic carbocycles. The van der Waals surface area contributed by atoms with Crippen molar-refractivity contribution < 1.29 is 19.4 Å². The Morgan fingerprint density at radius 1 is 1.30 bits per heavy atom. The largest absolute Gasteiger partial charge is 0.478 e. The number of aromatic nitrogens is 2. The predicted octanol–water partition coefficient (Wildman–Crippen LogP) is 1.04. The van der Waals surface area contributed by atoms with Gasteiger partial charge in [-0.05, 0) is 31.2 Å². The Morgan fingerprint density at radius 3 is 2.50 bits per heavy atom. The molecule has 2 aromatic rings. The van der Waals surface area contributed by atoms with Gasteiger partial charge in [0.1, 0.15) is 5.69 Å². The second-order valence-corrected chi connectivity index (χ2v) is 3.92. The Kier molecular flexibility index (Phi) is 3.69. The fourth-order valence-electron chi connectivity index (χ4n) is 1.65. The van der Waals surface area contributed by atoms with Crippen LogP contribution in [-0.2, 0) is 4.74 Å². The number of aromatic carboxylic acids is 1. The first-order valence-corrected chi connectivity index (χ1v) is 5.86. The molecule has 0 saturated heterocycles. The van der Waals surface area contributed by atoms with Crippen molar-refractivity contribution in [2.75, 3.05) is 6.61 Å². The van der Waals surface area contributed by atoms with Gasteiger partial charge in [0, 0.05) is 6.07 Å². The third-order valence-corrected chi connectivity index (χ3v) is 2.59. The van der Waals surface area contributed by atoms with Crippen LogP contribution >= 0.6 is 0 Å². The van der Waals surface area contributed by atoms with E-state index in [4.69, 9.17) is 9.84 Å². The van der Waals surface area contributed by atoms with Crippen molar-refractivity contribution in [1.29, 1.82) is 0 Å². The van der Waals surface area contributed by atoms with Gasteiger partial charge in [-0.1, -0.05) is 0 Å². The molecule has 0 bridgehead atoms. The minimum atomic E-state index is -1.05. The summed E-state index contributed by atoms with van der Waals surface area (Å²) in [4.78, 5) is 34.0. The highest BCUT2D eigenvalue weighted by Gasteiger charge is 2.13. The van der Waals surface area contributed by atoms with Crippen LogP contribution in [0.3, 0.4) is 0 Å². The van der Waals surface area contributed by atoms with Crippen molar-refractivity contribution in [3.63, 3.8) is 0 Å². The molecule has 7 nitrogen and oxygen atoms in total. The number of hydrogen-bond acceptors (Lipinski definition) is 4. The molecule has 0 saturated carbocycles. The second kappa shape index (κ2) is 5.43. The number of benzene rings is 1. The fraction of sp³-hybridized carbons (Fsp3) is 0.154. The lowest BCUT2D eigenvalue weighted by Gasteiger charge is -2.02. The van der Waals surface area contributed by atoms with E-state index in [1.165, 1.54) is 24.3 Å². The Labute approximate surface area is 113 Å². The number of nitrogens with one attached hydrogen (secondary N) is 1. The highest BCUT2D eigenvalue weighted by molar-refractivity contribution is 5.88. The summed E-state index contributed by atoms with van der Waals surface area (Å²) in [7, 11) is 0. The van der Waals surface area contributed by atoms with E-state index in [0.717, 1.165) is 10.7 Å². The number of carbonyl (C=O) groups excluding carboxylic acids is 1. The number of ether oxygens (including phenoxy) is 1. The molecule has 0 fully saturated rings. The van der Waals surface area contributed by atoms with E-state index < -0.39 is 17.5 Å². The third kappa shape index (κ3) is 2.61.